The normalized spacial score (nSPS) is 20.5. The minimum Gasteiger partial charge on any atom is -0.481 e. The zero-order chi connectivity index (χ0) is 16.3. The monoisotopic (exact) mass is 304 g/mol. The van der Waals surface area contributed by atoms with Gasteiger partial charge in [0.25, 0.3) is 0 Å². The van der Waals surface area contributed by atoms with Crippen LogP contribution in [-0.4, -0.2) is 22.9 Å². The first-order chi connectivity index (χ1) is 10.4. The molecule has 1 aromatic carbocycles. The lowest BCUT2D eigenvalue weighted by Crippen LogP contribution is -2.21. The van der Waals surface area contributed by atoms with E-state index >= 15 is 0 Å². The molecule has 1 aliphatic carbocycles. The van der Waals surface area contributed by atoms with Gasteiger partial charge in [-0.15, -0.1) is 0 Å². The highest BCUT2D eigenvalue weighted by atomic mass is 16.4. The van der Waals surface area contributed by atoms with Crippen LogP contribution in [0, 0.1) is 18.8 Å². The third-order valence-corrected chi connectivity index (χ3v) is 3.97. The number of hydrogen-bond donors (Lipinski definition) is 3. The molecule has 6 heteroatoms. The minimum absolute atomic E-state index is 0.165. The van der Waals surface area contributed by atoms with Gasteiger partial charge in [0.2, 0.25) is 11.8 Å². The van der Waals surface area contributed by atoms with Crippen LogP contribution in [0.15, 0.2) is 18.2 Å². The Balaban J connectivity index is 2.03. The molecule has 0 saturated heterocycles. The molecular weight excluding hydrogens is 284 g/mol. The Bertz CT molecular complexity index is 612. The Hall–Kier alpha value is -2.37. The molecule has 22 heavy (non-hydrogen) atoms. The number of carbonyl (C=O) groups is 3. The SMILES string of the molecule is CC(=O)Nc1cc(NC(=O)[C@@H]2CC[C@H](C(=O)O)C2)ccc1C. The number of hydrogen-bond acceptors (Lipinski definition) is 3. The average molecular weight is 304 g/mol. The summed E-state index contributed by atoms with van der Waals surface area (Å²) in [6.45, 7) is 3.29. The lowest BCUT2D eigenvalue weighted by molar-refractivity contribution is -0.141. The number of aryl methyl sites for hydroxylation is 1. The van der Waals surface area contributed by atoms with Crippen molar-refractivity contribution in [1.29, 1.82) is 0 Å². The Kier molecular flexibility index (Phi) is 4.80. The molecule has 118 valence electrons. The van der Waals surface area contributed by atoms with E-state index in [4.69, 9.17) is 5.11 Å². The zero-order valence-corrected chi connectivity index (χ0v) is 12.7. The Morgan fingerprint density at radius 2 is 1.82 bits per heavy atom. The maximum absolute atomic E-state index is 12.2. The van der Waals surface area contributed by atoms with Gasteiger partial charge in [-0.2, -0.15) is 0 Å². The van der Waals surface area contributed by atoms with Crippen LogP contribution in [0.5, 0.6) is 0 Å². The van der Waals surface area contributed by atoms with Gasteiger partial charge in [0.15, 0.2) is 0 Å². The minimum atomic E-state index is -0.835. The molecule has 1 aromatic rings. The van der Waals surface area contributed by atoms with E-state index in [0.717, 1.165) is 5.56 Å². The number of anilines is 2. The number of amides is 2. The zero-order valence-electron chi connectivity index (χ0n) is 12.7. The van der Waals surface area contributed by atoms with Crippen LogP contribution in [0.1, 0.15) is 31.7 Å². The van der Waals surface area contributed by atoms with E-state index in [0.29, 0.717) is 30.6 Å². The third-order valence-electron chi connectivity index (χ3n) is 3.97. The van der Waals surface area contributed by atoms with Gasteiger partial charge in [-0.25, -0.2) is 0 Å². The van der Waals surface area contributed by atoms with E-state index < -0.39 is 11.9 Å². The van der Waals surface area contributed by atoms with Gasteiger partial charge in [-0.1, -0.05) is 6.07 Å². The molecule has 2 amide bonds. The van der Waals surface area contributed by atoms with Gasteiger partial charge in [0.1, 0.15) is 0 Å². The third kappa shape index (κ3) is 3.84. The molecule has 0 aliphatic heterocycles. The first-order valence-electron chi connectivity index (χ1n) is 7.28. The topological polar surface area (TPSA) is 95.5 Å². The number of benzene rings is 1. The first-order valence-corrected chi connectivity index (χ1v) is 7.28. The highest BCUT2D eigenvalue weighted by Crippen LogP contribution is 2.32. The predicted octanol–water partition coefficient (Wildman–Crippen LogP) is 2.39. The number of aliphatic carboxylic acids is 1. The average Bonchev–Trinajstić information content (AvgIpc) is 2.92. The molecule has 0 heterocycles. The number of nitrogens with one attached hydrogen (secondary N) is 2. The van der Waals surface area contributed by atoms with Gasteiger partial charge in [0.05, 0.1) is 5.92 Å². The molecule has 0 aromatic heterocycles. The predicted molar refractivity (Wildman–Crippen MR) is 82.6 cm³/mol. The van der Waals surface area contributed by atoms with E-state index in [1.165, 1.54) is 6.92 Å². The van der Waals surface area contributed by atoms with Gasteiger partial charge < -0.3 is 15.7 Å². The molecular formula is C16H20N2O4. The fourth-order valence-corrected chi connectivity index (χ4v) is 2.71. The molecule has 0 spiro atoms. The standard InChI is InChI=1S/C16H20N2O4/c1-9-3-6-13(8-14(9)17-10(2)19)18-15(20)11-4-5-12(7-11)16(21)22/h3,6,8,11-12H,4-5,7H2,1-2H3,(H,17,19)(H,18,20)(H,21,22)/t11-,12+/m1/s1. The molecule has 1 aliphatic rings. The Morgan fingerprint density at radius 1 is 1.14 bits per heavy atom. The second-order valence-corrected chi connectivity index (χ2v) is 5.75. The van der Waals surface area contributed by atoms with E-state index in [2.05, 4.69) is 10.6 Å². The van der Waals surface area contributed by atoms with Crippen LogP contribution in [0.2, 0.25) is 0 Å². The molecule has 3 N–H and O–H groups in total. The van der Waals surface area contributed by atoms with E-state index in [1.807, 2.05) is 13.0 Å². The second kappa shape index (κ2) is 6.60. The number of carboxylic acids is 1. The highest BCUT2D eigenvalue weighted by molar-refractivity contribution is 5.95. The molecule has 0 unspecified atom stereocenters. The van der Waals surface area contributed by atoms with Crippen molar-refractivity contribution in [3.8, 4) is 0 Å². The van der Waals surface area contributed by atoms with Crippen molar-refractivity contribution in [3.63, 3.8) is 0 Å². The molecule has 0 bridgehead atoms. The quantitative estimate of drug-likeness (QED) is 0.796. The molecule has 2 rings (SSSR count). The fraction of sp³-hybridized carbons (Fsp3) is 0.438. The largest absolute Gasteiger partial charge is 0.481 e. The first kappa shape index (κ1) is 16.0. The molecule has 6 nitrogen and oxygen atoms in total. The van der Waals surface area contributed by atoms with E-state index in [-0.39, 0.29) is 17.7 Å². The summed E-state index contributed by atoms with van der Waals surface area (Å²) in [7, 11) is 0. The van der Waals surface area contributed by atoms with Crippen molar-refractivity contribution < 1.29 is 19.5 Å². The highest BCUT2D eigenvalue weighted by Gasteiger charge is 2.33. The summed E-state index contributed by atoms with van der Waals surface area (Å²) in [5, 5.41) is 14.5. The molecule has 1 saturated carbocycles. The summed E-state index contributed by atoms with van der Waals surface area (Å²) in [5.74, 6) is -1.87. The van der Waals surface area contributed by atoms with Gasteiger partial charge in [-0.05, 0) is 43.9 Å². The lowest BCUT2D eigenvalue weighted by atomic mass is 10.0. The molecule has 0 radical (unpaired) electrons. The summed E-state index contributed by atoms with van der Waals surface area (Å²) in [4.78, 5) is 34.3. The summed E-state index contributed by atoms with van der Waals surface area (Å²) < 4.78 is 0. The summed E-state index contributed by atoms with van der Waals surface area (Å²) >= 11 is 0. The Morgan fingerprint density at radius 3 is 2.41 bits per heavy atom. The van der Waals surface area contributed by atoms with Gasteiger partial charge >= 0.3 is 5.97 Å². The maximum atomic E-state index is 12.2. The number of carbonyl (C=O) groups excluding carboxylic acids is 2. The lowest BCUT2D eigenvalue weighted by Gasteiger charge is -2.13. The van der Waals surface area contributed by atoms with Crippen molar-refractivity contribution >= 4 is 29.2 Å². The van der Waals surface area contributed by atoms with Gasteiger partial charge in [-0.3, -0.25) is 14.4 Å². The van der Waals surface area contributed by atoms with Crippen LogP contribution in [-0.2, 0) is 14.4 Å². The second-order valence-electron chi connectivity index (χ2n) is 5.75. The number of carboxylic acid groups (broad SMARTS) is 1. The van der Waals surface area contributed by atoms with Crippen molar-refractivity contribution in [3.05, 3.63) is 23.8 Å². The van der Waals surface area contributed by atoms with Crippen molar-refractivity contribution in [2.24, 2.45) is 11.8 Å². The Labute approximate surface area is 128 Å². The fourth-order valence-electron chi connectivity index (χ4n) is 2.71. The summed E-state index contributed by atoms with van der Waals surface area (Å²) in [6, 6.07) is 5.29. The van der Waals surface area contributed by atoms with Crippen LogP contribution in [0.4, 0.5) is 11.4 Å². The van der Waals surface area contributed by atoms with Crippen LogP contribution >= 0.6 is 0 Å². The van der Waals surface area contributed by atoms with E-state index in [1.54, 1.807) is 12.1 Å². The number of rotatable bonds is 4. The molecule has 1 fully saturated rings. The smallest absolute Gasteiger partial charge is 0.306 e. The van der Waals surface area contributed by atoms with Crippen molar-refractivity contribution in [2.45, 2.75) is 33.1 Å². The van der Waals surface area contributed by atoms with Crippen LogP contribution in [0.3, 0.4) is 0 Å². The van der Waals surface area contributed by atoms with Gasteiger partial charge in [0, 0.05) is 24.2 Å². The van der Waals surface area contributed by atoms with E-state index in [9.17, 15) is 14.4 Å². The summed E-state index contributed by atoms with van der Waals surface area (Å²) in [6.07, 6.45) is 1.51. The van der Waals surface area contributed by atoms with Crippen LogP contribution in [0.25, 0.3) is 0 Å². The maximum Gasteiger partial charge on any atom is 0.306 e. The van der Waals surface area contributed by atoms with Crippen molar-refractivity contribution in [2.75, 3.05) is 10.6 Å². The van der Waals surface area contributed by atoms with Crippen LogP contribution < -0.4 is 10.6 Å². The molecule has 2 atom stereocenters. The summed E-state index contributed by atoms with van der Waals surface area (Å²) in [5.41, 5.74) is 2.15. The van der Waals surface area contributed by atoms with Crippen molar-refractivity contribution in [1.82, 2.24) is 0 Å².